The number of nitrogens with zero attached hydrogens (tertiary/aromatic N) is 4. The third kappa shape index (κ3) is 5.28. The van der Waals surface area contributed by atoms with Gasteiger partial charge in [0.15, 0.2) is 5.65 Å². The van der Waals surface area contributed by atoms with Gasteiger partial charge in [0.2, 0.25) is 11.9 Å². The second-order valence-electron chi connectivity index (χ2n) is 8.31. The van der Waals surface area contributed by atoms with Crippen LogP contribution in [-0.4, -0.2) is 25.4 Å². The zero-order valence-electron chi connectivity index (χ0n) is 19.9. The minimum Gasteiger partial charge on any atom is -0.324 e. The first-order chi connectivity index (χ1) is 18.4. The summed E-state index contributed by atoms with van der Waals surface area (Å²) in [5.41, 5.74) is 2.96. The minimum absolute atomic E-state index is 0.0492. The molecule has 2 aromatic carbocycles. The molecule has 5 rings (SSSR count). The van der Waals surface area contributed by atoms with Crippen LogP contribution in [0, 0.1) is 5.82 Å². The molecule has 8 nitrogen and oxygen atoms in total. The molecule has 2 N–H and O–H groups in total. The second-order valence-corrected chi connectivity index (χ2v) is 8.72. The lowest BCUT2D eigenvalue weighted by Gasteiger charge is -2.15. The SMILES string of the molecule is C=CC(=O)Nc1cccc(-n2c(=O)c(Cc3ccncc3)cc3cnc(Nc4ccc(F)c(Cl)c4)nc32)c1. The van der Waals surface area contributed by atoms with E-state index in [0.717, 1.165) is 11.6 Å². The van der Waals surface area contributed by atoms with Crippen LogP contribution >= 0.6 is 11.6 Å². The van der Waals surface area contributed by atoms with E-state index in [9.17, 15) is 14.0 Å². The first kappa shape index (κ1) is 24.8. The second kappa shape index (κ2) is 10.6. The number of aromatic nitrogens is 4. The first-order valence-electron chi connectivity index (χ1n) is 11.5. The molecular formula is C28H20ClFN6O2. The molecular weight excluding hydrogens is 507 g/mol. The number of amides is 1. The van der Waals surface area contributed by atoms with Gasteiger partial charge in [-0.2, -0.15) is 4.98 Å². The number of pyridine rings is 2. The molecule has 0 aliphatic rings. The van der Waals surface area contributed by atoms with E-state index in [1.165, 1.54) is 22.8 Å². The van der Waals surface area contributed by atoms with Gasteiger partial charge < -0.3 is 10.6 Å². The molecule has 0 saturated heterocycles. The van der Waals surface area contributed by atoms with Gasteiger partial charge in [0.25, 0.3) is 5.56 Å². The van der Waals surface area contributed by atoms with Crippen molar-refractivity contribution in [1.82, 2.24) is 19.5 Å². The fraction of sp³-hybridized carbons (Fsp3) is 0.0357. The van der Waals surface area contributed by atoms with Crippen molar-refractivity contribution in [1.29, 1.82) is 0 Å². The summed E-state index contributed by atoms with van der Waals surface area (Å²) < 4.78 is 15.1. The molecule has 0 radical (unpaired) electrons. The maximum atomic E-state index is 13.8. The highest BCUT2D eigenvalue weighted by Crippen LogP contribution is 2.24. The van der Waals surface area contributed by atoms with Crippen molar-refractivity contribution in [2.24, 2.45) is 0 Å². The summed E-state index contributed by atoms with van der Waals surface area (Å²) in [5.74, 6) is -0.737. The van der Waals surface area contributed by atoms with Crippen LogP contribution in [0.4, 0.5) is 21.7 Å². The van der Waals surface area contributed by atoms with E-state index in [0.29, 0.717) is 40.1 Å². The number of hydrogen-bond donors (Lipinski definition) is 2. The van der Waals surface area contributed by atoms with Gasteiger partial charge in [0.05, 0.1) is 10.7 Å². The third-order valence-corrected chi connectivity index (χ3v) is 5.98. The fourth-order valence-electron chi connectivity index (χ4n) is 3.92. The van der Waals surface area contributed by atoms with Crippen molar-refractivity contribution < 1.29 is 9.18 Å². The van der Waals surface area contributed by atoms with E-state index in [4.69, 9.17) is 11.6 Å². The monoisotopic (exact) mass is 526 g/mol. The molecule has 0 atom stereocenters. The number of benzene rings is 2. The molecule has 0 aliphatic carbocycles. The van der Waals surface area contributed by atoms with Gasteiger partial charge in [-0.1, -0.05) is 24.2 Å². The highest BCUT2D eigenvalue weighted by Gasteiger charge is 2.15. The molecule has 0 fully saturated rings. The summed E-state index contributed by atoms with van der Waals surface area (Å²) in [7, 11) is 0. The van der Waals surface area contributed by atoms with Gasteiger partial charge in [0.1, 0.15) is 5.82 Å². The van der Waals surface area contributed by atoms with Crippen LogP contribution < -0.4 is 16.2 Å². The van der Waals surface area contributed by atoms with Crippen molar-refractivity contribution in [2.75, 3.05) is 10.6 Å². The quantitative estimate of drug-likeness (QED) is 0.274. The van der Waals surface area contributed by atoms with E-state index in [-0.39, 0.29) is 22.4 Å². The van der Waals surface area contributed by atoms with E-state index in [2.05, 4.69) is 32.2 Å². The maximum absolute atomic E-state index is 13.8. The fourth-order valence-corrected chi connectivity index (χ4v) is 4.10. The molecule has 1 amide bonds. The van der Waals surface area contributed by atoms with Gasteiger partial charge in [0, 0.05) is 47.3 Å². The van der Waals surface area contributed by atoms with Gasteiger partial charge >= 0.3 is 0 Å². The molecule has 0 spiro atoms. The number of nitrogens with one attached hydrogen (secondary N) is 2. The van der Waals surface area contributed by atoms with Crippen molar-refractivity contribution >= 4 is 45.9 Å². The Morgan fingerprint density at radius 2 is 1.89 bits per heavy atom. The average molecular weight is 527 g/mol. The summed E-state index contributed by atoms with van der Waals surface area (Å²) in [6, 6.07) is 16.5. The molecule has 0 aliphatic heterocycles. The number of hydrogen-bond acceptors (Lipinski definition) is 6. The maximum Gasteiger partial charge on any atom is 0.260 e. The van der Waals surface area contributed by atoms with Crippen LogP contribution in [0.1, 0.15) is 11.1 Å². The smallest absolute Gasteiger partial charge is 0.260 e. The number of fused-ring (bicyclic) bond motifs is 1. The summed E-state index contributed by atoms with van der Waals surface area (Å²) >= 11 is 5.91. The molecule has 3 aromatic heterocycles. The lowest BCUT2D eigenvalue weighted by Crippen LogP contribution is -2.24. The highest BCUT2D eigenvalue weighted by molar-refractivity contribution is 6.31. The predicted octanol–water partition coefficient (Wildman–Crippen LogP) is 5.43. The molecule has 0 saturated carbocycles. The first-order valence-corrected chi connectivity index (χ1v) is 11.9. The van der Waals surface area contributed by atoms with Crippen molar-refractivity contribution in [3.63, 3.8) is 0 Å². The van der Waals surface area contributed by atoms with Gasteiger partial charge in [-0.25, -0.2) is 9.37 Å². The lowest BCUT2D eigenvalue weighted by atomic mass is 10.1. The third-order valence-electron chi connectivity index (χ3n) is 5.69. The van der Waals surface area contributed by atoms with Gasteiger partial charge in [-0.15, -0.1) is 0 Å². The van der Waals surface area contributed by atoms with Crippen molar-refractivity contribution in [3.05, 3.63) is 124 Å². The van der Waals surface area contributed by atoms with Crippen molar-refractivity contribution in [3.8, 4) is 5.69 Å². The van der Waals surface area contributed by atoms with Crippen LogP contribution in [0.25, 0.3) is 16.7 Å². The molecule has 0 bridgehead atoms. The molecule has 188 valence electrons. The Morgan fingerprint density at radius 1 is 1.08 bits per heavy atom. The minimum atomic E-state index is -0.546. The van der Waals surface area contributed by atoms with Crippen LogP contribution in [0.2, 0.25) is 5.02 Å². The number of carbonyl (C=O) groups excluding carboxylic acids is 1. The van der Waals surface area contributed by atoms with Crippen LogP contribution in [0.5, 0.6) is 0 Å². The Hall–Kier alpha value is -4.89. The van der Waals surface area contributed by atoms with E-state index in [1.807, 2.05) is 12.1 Å². The number of rotatable bonds is 7. The Kier molecular flexibility index (Phi) is 6.92. The van der Waals surface area contributed by atoms with E-state index < -0.39 is 5.82 Å². The molecule has 38 heavy (non-hydrogen) atoms. The number of anilines is 3. The average Bonchev–Trinajstić information content (AvgIpc) is 2.92. The standard InChI is InChI=1S/C28H20ClFN6O2/c1-2-25(37)33-20-4-3-5-22(14-20)36-26-19(13-18(27(36)38)12-17-8-10-31-11-9-17)16-32-28(35-26)34-21-6-7-24(30)23(29)15-21/h2-11,13-16H,1,12H2,(H,33,37)(H,32,34,35). The van der Waals surface area contributed by atoms with Crippen LogP contribution in [-0.2, 0) is 11.2 Å². The van der Waals surface area contributed by atoms with Crippen LogP contribution in [0.3, 0.4) is 0 Å². The topological polar surface area (TPSA) is 102 Å². The summed E-state index contributed by atoms with van der Waals surface area (Å²) in [4.78, 5) is 38.7. The Labute approximate surface area is 221 Å². The normalized spacial score (nSPS) is 10.8. The van der Waals surface area contributed by atoms with Gasteiger partial charge in [-0.05, 0) is 66.2 Å². The molecule has 3 heterocycles. The van der Waals surface area contributed by atoms with Crippen LogP contribution in [0.15, 0.2) is 96.7 Å². The molecule has 0 unspecified atom stereocenters. The molecule has 10 heteroatoms. The zero-order valence-corrected chi connectivity index (χ0v) is 20.6. The Morgan fingerprint density at radius 3 is 2.66 bits per heavy atom. The Balaban J connectivity index is 1.66. The number of halogens is 2. The number of carbonyl (C=O) groups is 1. The summed E-state index contributed by atoms with van der Waals surface area (Å²) in [5, 5.41) is 6.28. The van der Waals surface area contributed by atoms with E-state index in [1.54, 1.807) is 48.9 Å². The van der Waals surface area contributed by atoms with Gasteiger partial charge in [-0.3, -0.25) is 19.1 Å². The largest absolute Gasteiger partial charge is 0.324 e. The summed E-state index contributed by atoms with van der Waals surface area (Å²) in [6.45, 7) is 3.47. The summed E-state index contributed by atoms with van der Waals surface area (Å²) in [6.07, 6.45) is 6.48. The van der Waals surface area contributed by atoms with Crippen molar-refractivity contribution in [2.45, 2.75) is 6.42 Å². The van der Waals surface area contributed by atoms with E-state index >= 15 is 0 Å². The highest BCUT2D eigenvalue weighted by atomic mass is 35.5. The molecule has 5 aromatic rings. The lowest BCUT2D eigenvalue weighted by molar-refractivity contribution is -0.111. The Bertz CT molecular complexity index is 1740. The zero-order chi connectivity index (χ0) is 26.6. The predicted molar refractivity (Wildman–Crippen MR) is 146 cm³/mol.